The molecule has 0 heterocycles. The second-order valence-corrected chi connectivity index (χ2v) is 3.44. The predicted molar refractivity (Wildman–Crippen MR) is 56.4 cm³/mol. The first kappa shape index (κ1) is 9.28. The number of ether oxygens (including phenoxy) is 1. The van der Waals surface area contributed by atoms with E-state index < -0.39 is 0 Å². The summed E-state index contributed by atoms with van der Waals surface area (Å²) in [6.45, 7) is 0.117. The van der Waals surface area contributed by atoms with Gasteiger partial charge in [0, 0.05) is 0 Å². The molecule has 1 aliphatic rings. The molecule has 1 aromatic rings. The van der Waals surface area contributed by atoms with Crippen LogP contribution >= 0.6 is 0 Å². The van der Waals surface area contributed by atoms with Crippen LogP contribution in [0.1, 0.15) is 17.5 Å². The van der Waals surface area contributed by atoms with Crippen molar-refractivity contribution in [2.24, 2.45) is 0 Å². The van der Waals surface area contributed by atoms with Gasteiger partial charge < -0.3 is 9.84 Å². The van der Waals surface area contributed by atoms with E-state index >= 15 is 0 Å². The van der Waals surface area contributed by atoms with Crippen LogP contribution in [0.3, 0.4) is 0 Å². The average molecular weight is 190 g/mol. The maximum atomic E-state index is 8.87. The first-order valence-corrected chi connectivity index (χ1v) is 4.82. The maximum absolute atomic E-state index is 8.87. The molecule has 0 fully saturated rings. The zero-order chi connectivity index (χ0) is 9.97. The largest absolute Gasteiger partial charge is 0.497 e. The lowest BCUT2D eigenvalue weighted by Gasteiger charge is -2.04. The molecule has 2 heteroatoms. The minimum atomic E-state index is 0.117. The van der Waals surface area contributed by atoms with Gasteiger partial charge in [0.25, 0.3) is 0 Å². The highest BCUT2D eigenvalue weighted by Gasteiger charge is 2.15. The Balaban J connectivity index is 2.42. The molecular weight excluding hydrogens is 176 g/mol. The molecule has 0 spiro atoms. The monoisotopic (exact) mass is 190 g/mol. The molecule has 0 bridgehead atoms. The summed E-state index contributed by atoms with van der Waals surface area (Å²) < 4.78 is 5.18. The zero-order valence-corrected chi connectivity index (χ0v) is 8.29. The fourth-order valence-corrected chi connectivity index (χ4v) is 1.93. The summed E-state index contributed by atoms with van der Waals surface area (Å²) >= 11 is 0. The van der Waals surface area contributed by atoms with Gasteiger partial charge in [-0.3, -0.25) is 0 Å². The molecule has 0 unspecified atom stereocenters. The lowest BCUT2D eigenvalue weighted by atomic mass is 10.1. The van der Waals surface area contributed by atoms with Crippen molar-refractivity contribution in [3.05, 3.63) is 35.4 Å². The molecule has 0 atom stereocenters. The number of aliphatic hydroxyl groups excluding tert-OH is 1. The van der Waals surface area contributed by atoms with Crippen molar-refractivity contribution in [1.29, 1.82) is 0 Å². The molecule has 74 valence electrons. The molecule has 0 saturated carbocycles. The molecule has 2 rings (SSSR count). The van der Waals surface area contributed by atoms with Crippen molar-refractivity contribution >= 4 is 5.57 Å². The van der Waals surface area contributed by atoms with Crippen molar-refractivity contribution in [3.8, 4) is 5.75 Å². The Kier molecular flexibility index (Phi) is 2.55. The molecule has 0 aliphatic heterocycles. The molecule has 0 aromatic heterocycles. The highest BCUT2D eigenvalue weighted by atomic mass is 16.5. The molecule has 0 amide bonds. The van der Waals surface area contributed by atoms with Crippen LogP contribution in [0.25, 0.3) is 5.57 Å². The Morgan fingerprint density at radius 1 is 1.43 bits per heavy atom. The number of fused-ring (bicyclic) bond motifs is 1. The normalized spacial score (nSPS) is 17.1. The topological polar surface area (TPSA) is 29.5 Å². The maximum Gasteiger partial charge on any atom is 0.119 e. The number of methoxy groups -OCH3 is 1. The number of allylic oxidation sites excluding steroid dienone is 1. The van der Waals surface area contributed by atoms with Gasteiger partial charge in [0.2, 0.25) is 0 Å². The van der Waals surface area contributed by atoms with E-state index in [0.29, 0.717) is 0 Å². The lowest BCUT2D eigenvalue weighted by Crippen LogP contribution is -1.87. The lowest BCUT2D eigenvalue weighted by molar-refractivity contribution is 0.343. The highest BCUT2D eigenvalue weighted by molar-refractivity contribution is 5.73. The van der Waals surface area contributed by atoms with E-state index in [9.17, 15) is 0 Å². The van der Waals surface area contributed by atoms with Gasteiger partial charge in [0.05, 0.1) is 13.7 Å². The third-order valence-electron chi connectivity index (χ3n) is 2.66. The number of rotatable bonds is 2. The SMILES string of the molecule is COc1ccc2c(c1)/C(=C/CO)CC2. The summed E-state index contributed by atoms with van der Waals surface area (Å²) in [7, 11) is 1.67. The van der Waals surface area contributed by atoms with Crippen LogP contribution in [0, 0.1) is 0 Å². The van der Waals surface area contributed by atoms with Crippen LogP contribution in [0.5, 0.6) is 5.75 Å². The Bertz CT molecular complexity index is 367. The van der Waals surface area contributed by atoms with Gasteiger partial charge in [-0.25, -0.2) is 0 Å². The predicted octanol–water partition coefficient (Wildman–Crippen LogP) is 2.02. The third kappa shape index (κ3) is 1.53. The van der Waals surface area contributed by atoms with Gasteiger partial charge in [-0.05, 0) is 41.7 Å². The smallest absolute Gasteiger partial charge is 0.119 e. The van der Waals surface area contributed by atoms with E-state index in [0.717, 1.165) is 18.6 Å². The van der Waals surface area contributed by atoms with Crippen LogP contribution in [0.15, 0.2) is 24.3 Å². The summed E-state index contributed by atoms with van der Waals surface area (Å²) in [6.07, 6.45) is 3.99. The van der Waals surface area contributed by atoms with E-state index in [-0.39, 0.29) is 6.61 Å². The van der Waals surface area contributed by atoms with Crippen molar-refractivity contribution in [2.45, 2.75) is 12.8 Å². The van der Waals surface area contributed by atoms with Crippen LogP contribution in [0.4, 0.5) is 0 Å². The summed E-state index contributed by atoms with van der Waals surface area (Å²) in [5.74, 6) is 0.884. The van der Waals surface area contributed by atoms with E-state index in [1.54, 1.807) is 7.11 Å². The number of hydrogen-bond donors (Lipinski definition) is 1. The Morgan fingerprint density at radius 2 is 2.29 bits per heavy atom. The molecule has 0 saturated heterocycles. The first-order chi connectivity index (χ1) is 6.85. The second kappa shape index (κ2) is 3.84. The summed E-state index contributed by atoms with van der Waals surface area (Å²) in [5.41, 5.74) is 3.82. The van der Waals surface area contributed by atoms with Gasteiger partial charge in [-0.1, -0.05) is 12.1 Å². The summed E-state index contributed by atoms with van der Waals surface area (Å²) in [6, 6.07) is 6.14. The highest BCUT2D eigenvalue weighted by Crippen LogP contribution is 2.34. The van der Waals surface area contributed by atoms with Crippen molar-refractivity contribution in [3.63, 3.8) is 0 Å². The molecule has 14 heavy (non-hydrogen) atoms. The Labute approximate surface area is 83.8 Å². The summed E-state index contributed by atoms with van der Waals surface area (Å²) in [4.78, 5) is 0. The zero-order valence-electron chi connectivity index (χ0n) is 8.29. The first-order valence-electron chi connectivity index (χ1n) is 4.82. The number of aliphatic hydroxyl groups is 1. The van der Waals surface area contributed by atoms with Crippen molar-refractivity contribution in [2.75, 3.05) is 13.7 Å². The van der Waals surface area contributed by atoms with Crippen LogP contribution in [-0.4, -0.2) is 18.8 Å². The minimum absolute atomic E-state index is 0.117. The van der Waals surface area contributed by atoms with Gasteiger partial charge in [0.1, 0.15) is 5.75 Å². The molecular formula is C12H14O2. The van der Waals surface area contributed by atoms with Crippen LogP contribution in [-0.2, 0) is 6.42 Å². The Hall–Kier alpha value is -1.28. The van der Waals surface area contributed by atoms with Gasteiger partial charge >= 0.3 is 0 Å². The Morgan fingerprint density at radius 3 is 3.00 bits per heavy atom. The quantitative estimate of drug-likeness (QED) is 0.773. The van der Waals surface area contributed by atoms with Crippen molar-refractivity contribution < 1.29 is 9.84 Å². The molecule has 1 N–H and O–H groups in total. The van der Waals surface area contributed by atoms with E-state index in [1.807, 2.05) is 18.2 Å². The van der Waals surface area contributed by atoms with Gasteiger partial charge in [0.15, 0.2) is 0 Å². The van der Waals surface area contributed by atoms with Crippen LogP contribution < -0.4 is 4.74 Å². The summed E-state index contributed by atoms with van der Waals surface area (Å²) in [5, 5.41) is 8.87. The average Bonchev–Trinajstić information content (AvgIpc) is 2.61. The fourth-order valence-electron chi connectivity index (χ4n) is 1.93. The van der Waals surface area contributed by atoms with Crippen LogP contribution in [0.2, 0.25) is 0 Å². The molecule has 1 aromatic carbocycles. The van der Waals surface area contributed by atoms with Crippen molar-refractivity contribution in [1.82, 2.24) is 0 Å². The number of aryl methyl sites for hydroxylation is 1. The standard InChI is InChI=1S/C12H14O2/c1-14-11-5-4-9-2-3-10(6-7-13)12(9)8-11/h4-6,8,13H,2-3,7H2,1H3/b10-6+. The second-order valence-electron chi connectivity index (χ2n) is 3.44. The molecule has 1 aliphatic carbocycles. The number of benzene rings is 1. The van der Waals surface area contributed by atoms with E-state index in [1.165, 1.54) is 16.7 Å². The van der Waals surface area contributed by atoms with Gasteiger partial charge in [-0.2, -0.15) is 0 Å². The molecule has 2 nitrogen and oxygen atoms in total. The third-order valence-corrected chi connectivity index (χ3v) is 2.66. The number of hydrogen-bond acceptors (Lipinski definition) is 2. The molecule has 0 radical (unpaired) electrons. The van der Waals surface area contributed by atoms with Gasteiger partial charge in [-0.15, -0.1) is 0 Å². The van der Waals surface area contributed by atoms with E-state index in [2.05, 4.69) is 6.07 Å². The fraction of sp³-hybridized carbons (Fsp3) is 0.333. The van der Waals surface area contributed by atoms with E-state index in [4.69, 9.17) is 9.84 Å². The minimum Gasteiger partial charge on any atom is -0.497 e.